The minimum atomic E-state index is -0.642. The van der Waals surface area contributed by atoms with Crippen molar-refractivity contribution in [2.75, 3.05) is 0 Å². The molecule has 2 heterocycles. The smallest absolute Gasteiger partial charge is 0.240 e. The number of hydrogen-bond donors (Lipinski definition) is 4. The number of benzene rings is 1. The van der Waals surface area contributed by atoms with Crippen LogP contribution in [0.5, 0.6) is 11.8 Å². The highest BCUT2D eigenvalue weighted by molar-refractivity contribution is 5.99. The van der Waals surface area contributed by atoms with Crippen LogP contribution in [-0.2, 0) is 6.42 Å². The summed E-state index contributed by atoms with van der Waals surface area (Å²) in [5.74, 6) is -1.56. The molecule has 0 aliphatic carbocycles. The number of aromatic nitrogens is 2. The zero-order chi connectivity index (χ0) is 15.0. The number of nitrogens with zero attached hydrogens (tertiary/aromatic N) is 1. The Balaban J connectivity index is 1.78. The van der Waals surface area contributed by atoms with E-state index < -0.39 is 11.8 Å². The summed E-state index contributed by atoms with van der Waals surface area (Å²) in [5, 5.41) is 29.1. The summed E-state index contributed by atoms with van der Waals surface area (Å²) in [7, 11) is 0. The van der Waals surface area contributed by atoms with E-state index in [4.69, 9.17) is 0 Å². The van der Waals surface area contributed by atoms with Crippen molar-refractivity contribution in [2.45, 2.75) is 12.8 Å². The molecule has 0 unspecified atom stereocenters. The van der Waals surface area contributed by atoms with E-state index in [2.05, 4.69) is 4.98 Å². The van der Waals surface area contributed by atoms with Crippen molar-refractivity contribution in [1.82, 2.24) is 9.71 Å². The van der Waals surface area contributed by atoms with Crippen LogP contribution < -0.4 is 0 Å². The summed E-state index contributed by atoms with van der Waals surface area (Å²) in [6.07, 6.45) is 2.52. The van der Waals surface area contributed by atoms with Crippen LogP contribution >= 0.6 is 0 Å². The molecule has 0 amide bonds. The van der Waals surface area contributed by atoms with E-state index in [-0.39, 0.29) is 22.5 Å². The zero-order valence-corrected chi connectivity index (χ0v) is 11.1. The second-order valence-corrected chi connectivity index (χ2v) is 4.83. The van der Waals surface area contributed by atoms with Gasteiger partial charge in [0, 0.05) is 29.6 Å². The van der Waals surface area contributed by atoms with Gasteiger partial charge in [-0.2, -0.15) is 0 Å². The first-order chi connectivity index (χ1) is 10.1. The predicted molar refractivity (Wildman–Crippen MR) is 75.9 cm³/mol. The van der Waals surface area contributed by atoms with Crippen LogP contribution in [0, 0.1) is 0 Å². The highest BCUT2D eigenvalue weighted by Gasteiger charge is 2.19. The molecule has 4 N–H and O–H groups in total. The maximum atomic E-state index is 12.1. The van der Waals surface area contributed by atoms with Gasteiger partial charge in [0.25, 0.3) is 0 Å². The SMILES string of the molecule is O=C(CCc1c[nH]c2ccccc12)c1cc(O)n(O)c1O. The van der Waals surface area contributed by atoms with E-state index in [1.807, 2.05) is 30.5 Å². The summed E-state index contributed by atoms with van der Waals surface area (Å²) in [4.78, 5) is 15.2. The van der Waals surface area contributed by atoms with Gasteiger partial charge in [-0.3, -0.25) is 4.79 Å². The molecule has 0 spiro atoms. The highest BCUT2D eigenvalue weighted by atomic mass is 16.5. The van der Waals surface area contributed by atoms with Crippen molar-refractivity contribution in [3.05, 3.63) is 47.7 Å². The number of Topliss-reactive ketones (excluding diaryl/α,β-unsaturated/α-hetero) is 1. The summed E-state index contributed by atoms with van der Waals surface area (Å²) in [5.41, 5.74) is 1.92. The van der Waals surface area contributed by atoms with E-state index in [1.165, 1.54) is 0 Å². The van der Waals surface area contributed by atoms with Gasteiger partial charge in [-0.05, 0) is 18.1 Å². The lowest BCUT2D eigenvalue weighted by Crippen LogP contribution is -2.00. The van der Waals surface area contributed by atoms with Gasteiger partial charge in [-0.25, -0.2) is 0 Å². The van der Waals surface area contributed by atoms with Crippen molar-refractivity contribution in [3.8, 4) is 11.8 Å². The van der Waals surface area contributed by atoms with E-state index in [1.54, 1.807) is 0 Å². The van der Waals surface area contributed by atoms with Gasteiger partial charge in [-0.1, -0.05) is 18.2 Å². The van der Waals surface area contributed by atoms with Crippen molar-refractivity contribution in [2.24, 2.45) is 0 Å². The summed E-state index contributed by atoms with van der Waals surface area (Å²) >= 11 is 0. The molecule has 0 bridgehead atoms. The first-order valence-electron chi connectivity index (χ1n) is 6.49. The van der Waals surface area contributed by atoms with Crippen molar-refractivity contribution >= 4 is 16.7 Å². The first-order valence-corrected chi connectivity index (χ1v) is 6.49. The molecule has 0 atom stereocenters. The summed E-state index contributed by atoms with van der Waals surface area (Å²) in [6.45, 7) is 0. The maximum Gasteiger partial charge on any atom is 0.240 e. The number of aryl methyl sites for hydroxylation is 1. The van der Waals surface area contributed by atoms with Crippen LogP contribution in [0.2, 0.25) is 0 Å². The normalized spacial score (nSPS) is 11.0. The minimum absolute atomic E-state index is 0.0881. The molecule has 3 rings (SSSR count). The van der Waals surface area contributed by atoms with Gasteiger partial charge in [0.05, 0.1) is 5.56 Å². The number of hydrogen-bond acceptors (Lipinski definition) is 4. The molecule has 6 heteroatoms. The third kappa shape index (κ3) is 2.20. The molecular weight excluding hydrogens is 272 g/mol. The van der Waals surface area contributed by atoms with Crippen molar-refractivity contribution < 1.29 is 20.2 Å². The van der Waals surface area contributed by atoms with E-state index >= 15 is 0 Å². The molecule has 6 nitrogen and oxygen atoms in total. The van der Waals surface area contributed by atoms with Gasteiger partial charge < -0.3 is 20.4 Å². The minimum Gasteiger partial charge on any atom is -0.492 e. The molecule has 0 saturated carbocycles. The highest BCUT2D eigenvalue weighted by Crippen LogP contribution is 2.27. The zero-order valence-electron chi connectivity index (χ0n) is 11.1. The second kappa shape index (κ2) is 4.90. The van der Waals surface area contributed by atoms with Gasteiger partial charge in [0.2, 0.25) is 11.8 Å². The summed E-state index contributed by atoms with van der Waals surface area (Å²) < 4.78 is 0.179. The first kappa shape index (κ1) is 13.1. The predicted octanol–water partition coefficient (Wildman–Crippen LogP) is 2.43. The Bertz CT molecular complexity index is 816. The number of para-hydroxylation sites is 1. The number of ketones is 1. The lowest BCUT2D eigenvalue weighted by atomic mass is 10.0. The van der Waals surface area contributed by atoms with Crippen LogP contribution in [0.25, 0.3) is 10.9 Å². The van der Waals surface area contributed by atoms with Crippen LogP contribution in [0.3, 0.4) is 0 Å². The number of carbonyl (C=O) groups excluding carboxylic acids is 1. The van der Waals surface area contributed by atoms with Crippen LogP contribution in [0.4, 0.5) is 0 Å². The Hall–Kier alpha value is -2.89. The van der Waals surface area contributed by atoms with E-state index in [0.29, 0.717) is 6.42 Å². The maximum absolute atomic E-state index is 12.1. The molecule has 108 valence electrons. The standard InChI is InChI=1S/C15H14N2O4/c18-13(11-7-14(19)17(21)15(11)20)6-5-9-8-16-12-4-2-1-3-10(9)12/h1-4,7-8,16,19-21H,5-6H2. The number of nitrogens with one attached hydrogen (secondary N) is 1. The Morgan fingerprint density at radius 1 is 1.24 bits per heavy atom. The number of aromatic amines is 1. The number of carbonyl (C=O) groups is 1. The Morgan fingerprint density at radius 2 is 2.00 bits per heavy atom. The quantitative estimate of drug-likeness (QED) is 0.437. The number of H-pyrrole nitrogens is 1. The Labute approximate surface area is 119 Å². The average molecular weight is 286 g/mol. The molecule has 0 aliphatic heterocycles. The topological polar surface area (TPSA) is 98.5 Å². The summed E-state index contributed by atoms with van der Waals surface area (Å²) in [6, 6.07) is 8.83. The van der Waals surface area contributed by atoms with Gasteiger partial charge in [-0.15, -0.1) is 4.73 Å². The monoisotopic (exact) mass is 286 g/mol. The van der Waals surface area contributed by atoms with Gasteiger partial charge in [0.15, 0.2) is 5.78 Å². The van der Waals surface area contributed by atoms with Crippen LogP contribution in [0.15, 0.2) is 36.5 Å². The fraction of sp³-hybridized carbons (Fsp3) is 0.133. The second-order valence-electron chi connectivity index (χ2n) is 4.83. The lowest BCUT2D eigenvalue weighted by molar-refractivity contribution is 0.0970. The Morgan fingerprint density at radius 3 is 2.71 bits per heavy atom. The Kier molecular flexibility index (Phi) is 3.06. The van der Waals surface area contributed by atoms with Crippen molar-refractivity contribution in [3.63, 3.8) is 0 Å². The number of fused-ring (bicyclic) bond motifs is 1. The van der Waals surface area contributed by atoms with Crippen molar-refractivity contribution in [1.29, 1.82) is 0 Å². The van der Waals surface area contributed by atoms with Crippen LogP contribution in [-0.4, -0.2) is 30.9 Å². The third-order valence-electron chi connectivity index (χ3n) is 3.53. The molecular formula is C15H14N2O4. The van der Waals surface area contributed by atoms with Crippen LogP contribution in [0.1, 0.15) is 22.3 Å². The number of rotatable bonds is 4. The molecule has 21 heavy (non-hydrogen) atoms. The molecule has 0 radical (unpaired) electrons. The lowest BCUT2D eigenvalue weighted by Gasteiger charge is -2.00. The largest absolute Gasteiger partial charge is 0.492 e. The molecule has 0 fully saturated rings. The fourth-order valence-electron chi connectivity index (χ4n) is 2.40. The molecule has 2 aromatic heterocycles. The van der Waals surface area contributed by atoms with E-state index in [9.17, 15) is 20.2 Å². The molecule has 3 aromatic rings. The average Bonchev–Trinajstić information content (AvgIpc) is 3.01. The fourth-order valence-corrected chi connectivity index (χ4v) is 2.40. The molecule has 0 aliphatic rings. The van der Waals surface area contributed by atoms with E-state index in [0.717, 1.165) is 22.5 Å². The third-order valence-corrected chi connectivity index (χ3v) is 3.53. The van der Waals surface area contributed by atoms with Gasteiger partial charge >= 0.3 is 0 Å². The molecule has 1 aromatic carbocycles. The number of aromatic hydroxyl groups is 2. The van der Waals surface area contributed by atoms with Gasteiger partial charge in [0.1, 0.15) is 0 Å². The molecule has 0 saturated heterocycles.